The Morgan fingerprint density at radius 1 is 1.12 bits per heavy atom. The van der Waals surface area contributed by atoms with Crippen LogP contribution in [0.4, 0.5) is 10.1 Å². The number of sulfonamides is 1. The number of nitrogens with zero attached hydrogens (tertiary/aromatic N) is 2. The minimum Gasteiger partial charge on any atom is -0.455 e. The topological polar surface area (TPSA) is 97.8 Å². The van der Waals surface area contributed by atoms with Crippen molar-refractivity contribution in [1.82, 2.24) is 9.29 Å². The fourth-order valence-corrected chi connectivity index (χ4v) is 4.81. The van der Waals surface area contributed by atoms with Crippen molar-refractivity contribution in [3.63, 3.8) is 0 Å². The molecule has 0 saturated carbocycles. The van der Waals surface area contributed by atoms with E-state index in [0.717, 1.165) is 0 Å². The second kappa shape index (κ2) is 9.84. The Balaban J connectivity index is 1.70. The maximum Gasteiger partial charge on any atom is 0.258 e. The van der Waals surface area contributed by atoms with Crippen LogP contribution in [0.3, 0.4) is 0 Å². The number of nitrogens with one attached hydrogen (secondary N) is 1. The second-order valence-corrected chi connectivity index (χ2v) is 9.32. The molecule has 1 amide bonds. The number of carbonyl (C=O) groups excluding carboxylic acids is 1. The van der Waals surface area contributed by atoms with Crippen LogP contribution in [0.2, 0.25) is 5.15 Å². The molecule has 4 rings (SSSR count). The fourth-order valence-electron chi connectivity index (χ4n) is 3.17. The van der Waals surface area contributed by atoms with E-state index in [2.05, 4.69) is 10.3 Å². The van der Waals surface area contributed by atoms with Gasteiger partial charge in [0.15, 0.2) is 5.75 Å². The third-order valence-corrected chi connectivity index (χ3v) is 7.05. The molecule has 11 heteroatoms. The summed E-state index contributed by atoms with van der Waals surface area (Å²) in [4.78, 5) is 16.7. The number of anilines is 1. The highest BCUT2D eigenvalue weighted by molar-refractivity contribution is 7.89. The third-order valence-electron chi connectivity index (χ3n) is 4.85. The van der Waals surface area contributed by atoms with E-state index in [1.165, 1.54) is 59.0 Å². The SMILES string of the molecule is O=C(Nc1cc(S(=O)(=O)N2CCOCC2)ccc1Oc1ccc(F)cc1)c1cccnc1Cl. The van der Waals surface area contributed by atoms with Crippen LogP contribution in [0.15, 0.2) is 65.7 Å². The van der Waals surface area contributed by atoms with Gasteiger partial charge in [0, 0.05) is 19.3 Å². The van der Waals surface area contributed by atoms with Crippen LogP contribution in [0.5, 0.6) is 11.5 Å². The number of rotatable bonds is 6. The molecule has 3 aromatic rings. The maximum atomic E-state index is 13.3. The molecular weight excluding hydrogens is 473 g/mol. The lowest BCUT2D eigenvalue weighted by molar-refractivity contribution is 0.0730. The summed E-state index contributed by atoms with van der Waals surface area (Å²) in [5.74, 6) is -0.571. The smallest absolute Gasteiger partial charge is 0.258 e. The highest BCUT2D eigenvalue weighted by Crippen LogP contribution is 2.33. The minimum absolute atomic E-state index is 0.00639. The normalized spacial score (nSPS) is 14.6. The zero-order valence-electron chi connectivity index (χ0n) is 17.2. The van der Waals surface area contributed by atoms with Gasteiger partial charge in [-0.05, 0) is 54.6 Å². The molecule has 1 aliphatic heterocycles. The summed E-state index contributed by atoms with van der Waals surface area (Å²) in [7, 11) is -3.83. The molecule has 1 N–H and O–H groups in total. The van der Waals surface area contributed by atoms with E-state index in [1.54, 1.807) is 6.07 Å². The van der Waals surface area contributed by atoms with Crippen LogP contribution in [0.25, 0.3) is 0 Å². The number of halogens is 2. The van der Waals surface area contributed by atoms with Crippen LogP contribution in [-0.2, 0) is 14.8 Å². The van der Waals surface area contributed by atoms with Crippen molar-refractivity contribution >= 4 is 33.2 Å². The Morgan fingerprint density at radius 2 is 1.85 bits per heavy atom. The van der Waals surface area contributed by atoms with Crippen LogP contribution < -0.4 is 10.1 Å². The summed E-state index contributed by atoms with van der Waals surface area (Å²) in [5.41, 5.74) is 0.201. The summed E-state index contributed by atoms with van der Waals surface area (Å²) < 4.78 is 51.8. The molecule has 33 heavy (non-hydrogen) atoms. The van der Waals surface area contributed by atoms with Crippen LogP contribution in [-0.4, -0.2) is 49.9 Å². The zero-order chi connectivity index (χ0) is 23.4. The second-order valence-electron chi connectivity index (χ2n) is 7.03. The Morgan fingerprint density at radius 3 is 2.55 bits per heavy atom. The number of benzene rings is 2. The lowest BCUT2D eigenvalue weighted by atomic mass is 10.2. The molecule has 0 unspecified atom stereocenters. The standard InChI is InChI=1S/C22H19ClFN3O5S/c23-21-18(2-1-9-25-21)22(28)26-19-14-17(33(29,30)27-10-12-31-13-11-27)7-8-20(19)32-16-5-3-15(24)4-6-16/h1-9,14H,10-13H2,(H,26,28). The Labute approximate surface area is 195 Å². The number of hydrogen-bond acceptors (Lipinski definition) is 6. The summed E-state index contributed by atoms with van der Waals surface area (Å²) in [5, 5.41) is 2.64. The van der Waals surface area contributed by atoms with Gasteiger partial charge in [0.25, 0.3) is 5.91 Å². The van der Waals surface area contributed by atoms with E-state index in [4.69, 9.17) is 21.1 Å². The molecule has 8 nitrogen and oxygen atoms in total. The van der Waals surface area contributed by atoms with Gasteiger partial charge in [-0.3, -0.25) is 4.79 Å². The molecule has 172 valence electrons. The number of hydrogen-bond donors (Lipinski definition) is 1. The highest BCUT2D eigenvalue weighted by atomic mass is 35.5. The maximum absolute atomic E-state index is 13.3. The molecule has 0 radical (unpaired) electrons. The molecule has 1 saturated heterocycles. The molecule has 0 spiro atoms. The van der Waals surface area contributed by atoms with E-state index >= 15 is 0 Å². The monoisotopic (exact) mass is 491 g/mol. The molecule has 0 aliphatic carbocycles. The summed E-state index contributed by atoms with van der Waals surface area (Å²) in [6.07, 6.45) is 1.44. The van der Waals surface area contributed by atoms with Gasteiger partial charge in [-0.15, -0.1) is 0 Å². The Hall–Kier alpha value is -3.05. The van der Waals surface area contributed by atoms with E-state index in [9.17, 15) is 17.6 Å². The van der Waals surface area contributed by atoms with E-state index in [0.29, 0.717) is 19.0 Å². The Kier molecular flexibility index (Phi) is 6.89. The average Bonchev–Trinajstić information content (AvgIpc) is 2.82. The van der Waals surface area contributed by atoms with Gasteiger partial charge in [0.05, 0.1) is 29.4 Å². The van der Waals surface area contributed by atoms with Crippen LogP contribution in [0, 0.1) is 5.82 Å². The van der Waals surface area contributed by atoms with E-state index in [-0.39, 0.29) is 40.1 Å². The predicted molar refractivity (Wildman–Crippen MR) is 120 cm³/mol. The molecule has 1 fully saturated rings. The Bertz CT molecular complexity index is 1270. The first-order valence-corrected chi connectivity index (χ1v) is 11.7. The van der Waals surface area contributed by atoms with Gasteiger partial charge in [-0.1, -0.05) is 11.6 Å². The zero-order valence-corrected chi connectivity index (χ0v) is 18.8. The van der Waals surface area contributed by atoms with Crippen molar-refractivity contribution in [3.8, 4) is 11.5 Å². The van der Waals surface area contributed by atoms with Gasteiger partial charge in [0.2, 0.25) is 10.0 Å². The number of morpholine rings is 1. The number of aromatic nitrogens is 1. The summed E-state index contributed by atoms with van der Waals surface area (Å²) in [6.45, 7) is 1.05. The molecule has 0 atom stereocenters. The predicted octanol–water partition coefficient (Wildman–Crippen LogP) is 3.94. The van der Waals surface area contributed by atoms with Gasteiger partial charge < -0.3 is 14.8 Å². The van der Waals surface area contributed by atoms with Crippen molar-refractivity contribution in [2.75, 3.05) is 31.6 Å². The van der Waals surface area contributed by atoms with Crippen molar-refractivity contribution < 1.29 is 27.1 Å². The lowest BCUT2D eigenvalue weighted by Gasteiger charge is -2.26. The molecule has 2 aromatic carbocycles. The number of pyridine rings is 1. The number of carbonyl (C=O) groups is 1. The fraction of sp³-hybridized carbons (Fsp3) is 0.182. The van der Waals surface area contributed by atoms with Gasteiger partial charge in [-0.2, -0.15) is 4.31 Å². The third kappa shape index (κ3) is 5.31. The summed E-state index contributed by atoms with van der Waals surface area (Å²) in [6, 6.07) is 12.4. The average molecular weight is 492 g/mol. The highest BCUT2D eigenvalue weighted by Gasteiger charge is 2.27. The van der Waals surface area contributed by atoms with Gasteiger partial charge in [-0.25, -0.2) is 17.8 Å². The van der Waals surface area contributed by atoms with E-state index in [1.807, 2.05) is 0 Å². The van der Waals surface area contributed by atoms with Crippen molar-refractivity contribution in [2.45, 2.75) is 4.90 Å². The molecule has 2 heterocycles. The first-order chi connectivity index (χ1) is 15.8. The largest absolute Gasteiger partial charge is 0.455 e. The van der Waals surface area contributed by atoms with Crippen LogP contribution >= 0.6 is 11.6 Å². The van der Waals surface area contributed by atoms with Crippen molar-refractivity contribution in [2.24, 2.45) is 0 Å². The minimum atomic E-state index is -3.83. The van der Waals surface area contributed by atoms with Gasteiger partial charge in [0.1, 0.15) is 16.7 Å². The molecule has 1 aliphatic rings. The van der Waals surface area contributed by atoms with Crippen molar-refractivity contribution in [1.29, 1.82) is 0 Å². The number of amides is 1. The van der Waals surface area contributed by atoms with Crippen molar-refractivity contribution in [3.05, 3.63) is 77.3 Å². The lowest BCUT2D eigenvalue weighted by Crippen LogP contribution is -2.40. The van der Waals surface area contributed by atoms with Gasteiger partial charge >= 0.3 is 0 Å². The van der Waals surface area contributed by atoms with Crippen LogP contribution in [0.1, 0.15) is 10.4 Å². The molecule has 1 aromatic heterocycles. The quantitative estimate of drug-likeness (QED) is 0.524. The van der Waals surface area contributed by atoms with E-state index < -0.39 is 21.7 Å². The first kappa shape index (κ1) is 23.1. The summed E-state index contributed by atoms with van der Waals surface area (Å²) >= 11 is 6.02. The number of ether oxygens (including phenoxy) is 2. The molecular formula is C22H19ClFN3O5S. The first-order valence-electron chi connectivity index (χ1n) is 9.92. The molecule has 0 bridgehead atoms.